The number of H-pyrrole nitrogens is 1. The minimum Gasteiger partial charge on any atom is -0.408 e. The summed E-state index contributed by atoms with van der Waals surface area (Å²) in [6.45, 7) is 0.911. The summed E-state index contributed by atoms with van der Waals surface area (Å²) < 4.78 is 4.95. The summed E-state index contributed by atoms with van der Waals surface area (Å²) >= 11 is 0. The van der Waals surface area contributed by atoms with E-state index in [9.17, 15) is 4.79 Å². The molecule has 1 fully saturated rings. The Kier molecular flexibility index (Phi) is 2.74. The van der Waals surface area contributed by atoms with Crippen LogP contribution in [0.1, 0.15) is 25.7 Å². The Morgan fingerprint density at radius 3 is 3.06 bits per heavy atom. The lowest BCUT2D eigenvalue weighted by Gasteiger charge is -2.08. The van der Waals surface area contributed by atoms with Crippen molar-refractivity contribution in [2.75, 3.05) is 17.6 Å². The van der Waals surface area contributed by atoms with Gasteiger partial charge in [-0.25, -0.2) is 4.79 Å². The minimum atomic E-state index is -0.449. The van der Waals surface area contributed by atoms with Crippen LogP contribution < -0.4 is 16.8 Å². The molecule has 1 aromatic carbocycles. The lowest BCUT2D eigenvalue weighted by Crippen LogP contribution is -2.04. The van der Waals surface area contributed by atoms with Crippen molar-refractivity contribution < 1.29 is 4.42 Å². The Bertz CT molecular complexity index is 610. The molecule has 0 amide bonds. The highest BCUT2D eigenvalue weighted by Gasteiger charge is 2.19. The first-order chi connectivity index (χ1) is 8.72. The van der Waals surface area contributed by atoms with Crippen molar-refractivity contribution in [3.8, 4) is 0 Å². The third-order valence-electron chi connectivity index (χ3n) is 3.39. The van der Waals surface area contributed by atoms with Crippen molar-refractivity contribution in [3.05, 3.63) is 22.7 Å². The van der Waals surface area contributed by atoms with Crippen LogP contribution in [0.15, 0.2) is 21.3 Å². The predicted octanol–water partition coefficient (Wildman–Crippen LogP) is 2.31. The molecule has 0 bridgehead atoms. The number of anilines is 2. The number of benzene rings is 1. The first-order valence-corrected chi connectivity index (χ1v) is 6.38. The highest BCUT2D eigenvalue weighted by atomic mass is 16.4. The smallest absolute Gasteiger partial charge is 0.408 e. The maximum Gasteiger partial charge on any atom is 0.417 e. The van der Waals surface area contributed by atoms with Gasteiger partial charge in [-0.1, -0.05) is 12.8 Å². The number of nitrogens with two attached hydrogens (primary N) is 1. The largest absolute Gasteiger partial charge is 0.417 e. The van der Waals surface area contributed by atoms with E-state index >= 15 is 0 Å². The minimum absolute atomic E-state index is 0.449. The maximum absolute atomic E-state index is 11.1. The van der Waals surface area contributed by atoms with Crippen LogP contribution in [0, 0.1) is 5.92 Å². The fourth-order valence-corrected chi connectivity index (χ4v) is 2.19. The normalized spacial score (nSPS) is 15.1. The highest BCUT2D eigenvalue weighted by Crippen LogP contribution is 2.33. The second-order valence-corrected chi connectivity index (χ2v) is 4.96. The summed E-state index contributed by atoms with van der Waals surface area (Å²) in [4.78, 5) is 13.7. The van der Waals surface area contributed by atoms with E-state index < -0.39 is 5.76 Å². The van der Waals surface area contributed by atoms with E-state index in [1.54, 1.807) is 6.07 Å². The monoisotopic (exact) mass is 247 g/mol. The zero-order chi connectivity index (χ0) is 12.5. The number of aromatic amines is 1. The van der Waals surface area contributed by atoms with E-state index in [-0.39, 0.29) is 0 Å². The van der Waals surface area contributed by atoms with Crippen molar-refractivity contribution in [2.24, 2.45) is 5.92 Å². The first-order valence-electron chi connectivity index (χ1n) is 6.38. The van der Waals surface area contributed by atoms with Gasteiger partial charge in [0.2, 0.25) is 0 Å². The fourth-order valence-electron chi connectivity index (χ4n) is 2.19. The van der Waals surface area contributed by atoms with Crippen LogP contribution in [0.5, 0.6) is 0 Å². The van der Waals surface area contributed by atoms with E-state index in [1.807, 2.05) is 6.07 Å². The second-order valence-electron chi connectivity index (χ2n) is 4.96. The Morgan fingerprint density at radius 1 is 1.44 bits per heavy atom. The molecule has 0 radical (unpaired) electrons. The van der Waals surface area contributed by atoms with Crippen molar-refractivity contribution >= 4 is 22.5 Å². The topological polar surface area (TPSA) is 84.0 Å². The van der Waals surface area contributed by atoms with Crippen LogP contribution in [0.2, 0.25) is 0 Å². The van der Waals surface area contributed by atoms with Crippen molar-refractivity contribution in [2.45, 2.75) is 25.7 Å². The van der Waals surface area contributed by atoms with E-state index in [1.165, 1.54) is 19.3 Å². The molecule has 1 aliphatic carbocycles. The van der Waals surface area contributed by atoms with Crippen LogP contribution in [0.25, 0.3) is 11.1 Å². The number of aromatic nitrogens is 1. The van der Waals surface area contributed by atoms with Crippen molar-refractivity contribution in [1.82, 2.24) is 4.98 Å². The van der Waals surface area contributed by atoms with Gasteiger partial charge >= 0.3 is 5.76 Å². The van der Waals surface area contributed by atoms with Gasteiger partial charge in [0.25, 0.3) is 0 Å². The van der Waals surface area contributed by atoms with Gasteiger partial charge in [-0.2, -0.15) is 0 Å². The Labute approximate surface area is 104 Å². The Morgan fingerprint density at radius 2 is 2.28 bits per heavy atom. The molecule has 5 nitrogen and oxygen atoms in total. The molecule has 1 aliphatic rings. The Balaban J connectivity index is 1.69. The van der Waals surface area contributed by atoms with E-state index in [4.69, 9.17) is 10.2 Å². The van der Waals surface area contributed by atoms with Gasteiger partial charge in [0.05, 0.1) is 16.9 Å². The fraction of sp³-hybridized carbons (Fsp3) is 0.462. The van der Waals surface area contributed by atoms with Crippen molar-refractivity contribution in [1.29, 1.82) is 0 Å². The van der Waals surface area contributed by atoms with Crippen LogP contribution in [-0.4, -0.2) is 11.5 Å². The zero-order valence-corrected chi connectivity index (χ0v) is 10.2. The molecular weight excluding hydrogens is 230 g/mol. The van der Waals surface area contributed by atoms with Crippen molar-refractivity contribution in [3.63, 3.8) is 0 Å². The van der Waals surface area contributed by atoms with Gasteiger partial charge in [0.15, 0.2) is 5.58 Å². The highest BCUT2D eigenvalue weighted by molar-refractivity contribution is 5.85. The van der Waals surface area contributed by atoms with Crippen LogP contribution in [0.3, 0.4) is 0 Å². The zero-order valence-electron chi connectivity index (χ0n) is 10.2. The van der Waals surface area contributed by atoms with Gasteiger partial charge < -0.3 is 15.5 Å². The summed E-state index contributed by atoms with van der Waals surface area (Å²) in [5.74, 6) is 0.507. The molecule has 0 saturated heterocycles. The summed E-state index contributed by atoms with van der Waals surface area (Å²) in [7, 11) is 0. The molecule has 0 aliphatic heterocycles. The van der Waals surface area contributed by atoms with Crippen LogP contribution in [-0.2, 0) is 0 Å². The first kappa shape index (κ1) is 11.2. The second kappa shape index (κ2) is 4.40. The third kappa shape index (κ3) is 2.34. The van der Waals surface area contributed by atoms with Gasteiger partial charge in [0.1, 0.15) is 0 Å². The molecular formula is C13H17N3O2. The lowest BCUT2D eigenvalue weighted by atomic mass is 10.2. The molecule has 0 atom stereocenters. The molecule has 1 heterocycles. The summed E-state index contributed by atoms with van der Waals surface area (Å²) in [6, 6.07) is 3.50. The number of nitrogen functional groups attached to an aromatic ring is 1. The SMILES string of the molecule is Nc1cc2oc(=O)[nH]c2cc1NCCCC1CC1. The third-order valence-corrected chi connectivity index (χ3v) is 3.39. The van der Waals surface area contributed by atoms with Gasteiger partial charge in [-0.05, 0) is 24.8 Å². The number of nitrogens with one attached hydrogen (secondary N) is 2. The average Bonchev–Trinajstić information content (AvgIpc) is 3.07. The number of oxazole rings is 1. The van der Waals surface area contributed by atoms with Gasteiger partial charge in [-0.3, -0.25) is 4.98 Å². The van der Waals surface area contributed by atoms with E-state index in [0.717, 1.165) is 24.6 Å². The van der Waals surface area contributed by atoms with E-state index in [2.05, 4.69) is 10.3 Å². The molecule has 3 rings (SSSR count). The molecule has 2 aromatic rings. The number of hydrogen-bond donors (Lipinski definition) is 3. The molecule has 0 spiro atoms. The summed E-state index contributed by atoms with van der Waals surface area (Å²) in [6.07, 6.45) is 5.23. The average molecular weight is 247 g/mol. The molecule has 1 saturated carbocycles. The van der Waals surface area contributed by atoms with E-state index in [0.29, 0.717) is 16.8 Å². The van der Waals surface area contributed by atoms with Crippen LogP contribution >= 0.6 is 0 Å². The molecule has 18 heavy (non-hydrogen) atoms. The quantitative estimate of drug-likeness (QED) is 0.559. The molecule has 5 heteroatoms. The molecule has 4 N–H and O–H groups in total. The number of fused-ring (bicyclic) bond motifs is 1. The number of hydrogen-bond acceptors (Lipinski definition) is 4. The molecule has 0 unspecified atom stereocenters. The van der Waals surface area contributed by atoms with Gasteiger partial charge in [0, 0.05) is 12.6 Å². The standard InChI is InChI=1S/C13H17N3O2/c14-9-6-12-11(16-13(17)18-12)7-10(9)15-5-1-2-8-3-4-8/h6-8,15H,1-5,14H2,(H,16,17). The lowest BCUT2D eigenvalue weighted by molar-refractivity contribution is 0.555. The number of rotatable bonds is 5. The Hall–Kier alpha value is -1.91. The molecule has 96 valence electrons. The molecule has 1 aromatic heterocycles. The summed E-state index contributed by atoms with van der Waals surface area (Å²) in [5.41, 5.74) is 8.56. The maximum atomic E-state index is 11.1. The van der Waals surface area contributed by atoms with Gasteiger partial charge in [-0.15, -0.1) is 0 Å². The predicted molar refractivity (Wildman–Crippen MR) is 71.7 cm³/mol. The van der Waals surface area contributed by atoms with Crippen LogP contribution in [0.4, 0.5) is 11.4 Å². The summed E-state index contributed by atoms with van der Waals surface area (Å²) in [5, 5.41) is 3.31.